The molecule has 0 radical (unpaired) electrons. The number of benzene rings is 2. The van der Waals surface area contributed by atoms with Crippen LogP contribution in [-0.2, 0) is 13.0 Å². The molecule has 7 nitrogen and oxygen atoms in total. The zero-order valence-corrected chi connectivity index (χ0v) is 18.9. The summed E-state index contributed by atoms with van der Waals surface area (Å²) in [6.45, 7) is 1.78. The Morgan fingerprint density at radius 2 is 1.78 bits per heavy atom. The third kappa shape index (κ3) is 3.97. The number of methoxy groups -OCH3 is 2. The Kier molecular flexibility index (Phi) is 6.08. The van der Waals surface area contributed by atoms with Crippen LogP contribution in [0.5, 0.6) is 11.5 Å². The summed E-state index contributed by atoms with van der Waals surface area (Å²) in [5.74, 6) is 2.52. The average molecular weight is 434 g/mol. The predicted molar refractivity (Wildman–Crippen MR) is 122 cm³/mol. The molecular weight excluding hydrogens is 402 g/mol. The third-order valence-electron chi connectivity index (χ3n) is 6.94. The van der Waals surface area contributed by atoms with E-state index in [-0.39, 0.29) is 6.04 Å². The van der Waals surface area contributed by atoms with Crippen LogP contribution in [0.3, 0.4) is 0 Å². The van der Waals surface area contributed by atoms with E-state index in [1.807, 2.05) is 12.1 Å². The Labute approximate surface area is 189 Å². The van der Waals surface area contributed by atoms with Crippen LogP contribution in [0.25, 0.3) is 0 Å². The number of aromatic nitrogens is 4. The van der Waals surface area contributed by atoms with Gasteiger partial charge in [0.2, 0.25) is 0 Å². The standard InChI is InChI=1S/C25H31N5O2/c1-31-21-12-13-23(32-2)22(16-21)24(29-15-14-18-8-6-7-9-19(18)17-29)25-26-27-28-30(25)20-10-4-3-5-11-20/h6-9,12-13,16,20,24H,3-5,10-11,14-15,17H2,1-2H3/t24-/m1/s1. The molecular formula is C25H31N5O2. The third-order valence-corrected chi connectivity index (χ3v) is 6.94. The fourth-order valence-electron chi connectivity index (χ4n) is 5.26. The highest BCUT2D eigenvalue weighted by Crippen LogP contribution is 2.40. The number of rotatable bonds is 6. The first-order valence-corrected chi connectivity index (χ1v) is 11.6. The molecule has 7 heteroatoms. The van der Waals surface area contributed by atoms with Crippen molar-refractivity contribution < 1.29 is 9.47 Å². The fraction of sp³-hybridized carbons (Fsp3) is 0.480. The van der Waals surface area contributed by atoms with Gasteiger partial charge in [-0.15, -0.1) is 5.10 Å². The minimum Gasteiger partial charge on any atom is -0.497 e. The maximum Gasteiger partial charge on any atom is 0.173 e. The van der Waals surface area contributed by atoms with E-state index < -0.39 is 0 Å². The summed E-state index contributed by atoms with van der Waals surface area (Å²) in [7, 11) is 3.42. The lowest BCUT2D eigenvalue weighted by Crippen LogP contribution is -2.37. The molecule has 3 aromatic rings. The van der Waals surface area contributed by atoms with Gasteiger partial charge in [0.25, 0.3) is 0 Å². The smallest absolute Gasteiger partial charge is 0.173 e. The van der Waals surface area contributed by atoms with Gasteiger partial charge >= 0.3 is 0 Å². The molecule has 0 N–H and O–H groups in total. The summed E-state index contributed by atoms with van der Waals surface area (Å²) in [4.78, 5) is 2.48. The first-order valence-electron chi connectivity index (χ1n) is 11.6. The summed E-state index contributed by atoms with van der Waals surface area (Å²) in [5, 5.41) is 13.2. The van der Waals surface area contributed by atoms with Gasteiger partial charge in [0.1, 0.15) is 17.5 Å². The number of ether oxygens (including phenoxy) is 2. The van der Waals surface area contributed by atoms with E-state index in [1.54, 1.807) is 14.2 Å². The second-order valence-electron chi connectivity index (χ2n) is 8.77. The van der Waals surface area contributed by atoms with E-state index in [0.29, 0.717) is 6.04 Å². The van der Waals surface area contributed by atoms with Crippen molar-refractivity contribution in [1.82, 2.24) is 25.1 Å². The zero-order chi connectivity index (χ0) is 21.9. The minimum atomic E-state index is -0.120. The largest absolute Gasteiger partial charge is 0.497 e. The van der Waals surface area contributed by atoms with Gasteiger partial charge < -0.3 is 9.47 Å². The minimum absolute atomic E-state index is 0.120. The lowest BCUT2D eigenvalue weighted by Gasteiger charge is -2.36. The number of fused-ring (bicyclic) bond motifs is 1. The molecule has 1 aromatic heterocycles. The molecule has 5 rings (SSSR count). The number of nitrogens with zero attached hydrogens (tertiary/aromatic N) is 5. The van der Waals surface area contributed by atoms with Crippen molar-refractivity contribution in [3.63, 3.8) is 0 Å². The Morgan fingerprint density at radius 1 is 0.969 bits per heavy atom. The van der Waals surface area contributed by atoms with Gasteiger partial charge in [-0.25, -0.2) is 4.68 Å². The van der Waals surface area contributed by atoms with E-state index in [4.69, 9.17) is 9.47 Å². The molecule has 1 fully saturated rings. The molecule has 0 saturated heterocycles. The van der Waals surface area contributed by atoms with Crippen molar-refractivity contribution in [1.29, 1.82) is 0 Å². The van der Waals surface area contributed by atoms with Crippen molar-refractivity contribution >= 4 is 0 Å². The maximum absolute atomic E-state index is 5.81. The SMILES string of the molecule is COc1ccc(OC)c([C@H](c2nnnn2C2CCCCC2)N2CCc3ccccc3C2)c1. The predicted octanol–water partition coefficient (Wildman–Crippen LogP) is 4.34. The normalized spacial score (nSPS) is 18.2. The Hall–Kier alpha value is -2.93. The topological polar surface area (TPSA) is 65.3 Å². The van der Waals surface area contributed by atoms with Crippen LogP contribution in [0, 0.1) is 0 Å². The van der Waals surface area contributed by atoms with Crippen LogP contribution in [0.15, 0.2) is 42.5 Å². The number of hydrogen-bond donors (Lipinski definition) is 0. The molecule has 0 amide bonds. The van der Waals surface area contributed by atoms with E-state index in [0.717, 1.165) is 55.2 Å². The molecule has 0 spiro atoms. The van der Waals surface area contributed by atoms with E-state index in [1.165, 1.54) is 30.4 Å². The van der Waals surface area contributed by atoms with E-state index in [9.17, 15) is 0 Å². The highest BCUT2D eigenvalue weighted by atomic mass is 16.5. The monoisotopic (exact) mass is 433 g/mol. The lowest BCUT2D eigenvalue weighted by molar-refractivity contribution is 0.184. The summed E-state index contributed by atoms with van der Waals surface area (Å²) >= 11 is 0. The highest BCUT2D eigenvalue weighted by Gasteiger charge is 2.34. The van der Waals surface area contributed by atoms with Crippen LogP contribution in [0.2, 0.25) is 0 Å². The summed E-state index contributed by atoms with van der Waals surface area (Å²) < 4.78 is 13.5. The van der Waals surface area contributed by atoms with Crippen molar-refractivity contribution in [2.24, 2.45) is 0 Å². The van der Waals surface area contributed by atoms with Crippen LogP contribution in [-0.4, -0.2) is 45.9 Å². The van der Waals surface area contributed by atoms with Gasteiger partial charge in [-0.05, 0) is 59.0 Å². The van der Waals surface area contributed by atoms with Crippen LogP contribution in [0.1, 0.15) is 66.7 Å². The molecule has 2 aromatic carbocycles. The summed E-state index contributed by atoms with van der Waals surface area (Å²) in [6.07, 6.45) is 7.02. The Bertz CT molecular complexity index is 1060. The molecule has 0 bridgehead atoms. The van der Waals surface area contributed by atoms with E-state index in [2.05, 4.69) is 55.4 Å². The number of tetrazole rings is 1. The second kappa shape index (κ2) is 9.28. The molecule has 168 valence electrons. The van der Waals surface area contributed by atoms with Crippen molar-refractivity contribution in [2.45, 2.75) is 57.2 Å². The average Bonchev–Trinajstić information content (AvgIpc) is 3.34. The molecule has 32 heavy (non-hydrogen) atoms. The van der Waals surface area contributed by atoms with E-state index >= 15 is 0 Å². The summed E-state index contributed by atoms with van der Waals surface area (Å²) in [5.41, 5.74) is 3.83. The van der Waals surface area contributed by atoms with Gasteiger partial charge in [0.15, 0.2) is 5.82 Å². The molecule has 2 heterocycles. The second-order valence-corrected chi connectivity index (χ2v) is 8.77. The molecule has 2 aliphatic rings. The zero-order valence-electron chi connectivity index (χ0n) is 18.9. The van der Waals surface area contributed by atoms with Crippen molar-refractivity contribution in [3.05, 3.63) is 65.0 Å². The lowest BCUT2D eigenvalue weighted by atomic mass is 9.93. The Morgan fingerprint density at radius 3 is 2.56 bits per heavy atom. The van der Waals surface area contributed by atoms with Crippen molar-refractivity contribution in [2.75, 3.05) is 20.8 Å². The highest BCUT2D eigenvalue weighted by molar-refractivity contribution is 5.45. The molecule has 1 atom stereocenters. The van der Waals surface area contributed by atoms with Gasteiger partial charge in [0.05, 0.1) is 20.3 Å². The number of hydrogen-bond acceptors (Lipinski definition) is 6. The van der Waals surface area contributed by atoms with Gasteiger partial charge in [-0.1, -0.05) is 43.5 Å². The van der Waals surface area contributed by atoms with Crippen molar-refractivity contribution in [3.8, 4) is 11.5 Å². The molecule has 0 unspecified atom stereocenters. The first kappa shape index (κ1) is 20.9. The van der Waals surface area contributed by atoms with Crippen LogP contribution in [0.4, 0.5) is 0 Å². The van der Waals surface area contributed by atoms with Gasteiger partial charge in [0, 0.05) is 18.7 Å². The van der Waals surface area contributed by atoms with Crippen LogP contribution < -0.4 is 9.47 Å². The van der Waals surface area contributed by atoms with Crippen LogP contribution >= 0.6 is 0 Å². The maximum atomic E-state index is 5.81. The quantitative estimate of drug-likeness (QED) is 0.576. The Balaban J connectivity index is 1.61. The molecule has 1 aliphatic carbocycles. The summed E-state index contributed by atoms with van der Waals surface area (Å²) in [6, 6.07) is 14.9. The first-order chi connectivity index (χ1) is 15.8. The molecule has 1 saturated carbocycles. The van der Waals surface area contributed by atoms with Gasteiger partial charge in [-0.2, -0.15) is 0 Å². The molecule has 1 aliphatic heterocycles. The van der Waals surface area contributed by atoms with Gasteiger partial charge in [-0.3, -0.25) is 4.90 Å². The fourth-order valence-corrected chi connectivity index (χ4v) is 5.26.